The molecule has 2 rings (SSSR count). The summed E-state index contributed by atoms with van der Waals surface area (Å²) in [5.74, 6) is 2.11. The smallest absolute Gasteiger partial charge is 0.128 e. The molecule has 0 amide bonds. The van der Waals surface area contributed by atoms with Gasteiger partial charge in [-0.1, -0.05) is 38.5 Å². The van der Waals surface area contributed by atoms with Crippen LogP contribution < -0.4 is 9.47 Å². The highest BCUT2D eigenvalue weighted by Gasteiger charge is 2.20. The number of aliphatic hydroxyl groups excluding tert-OH is 1. The predicted octanol–water partition coefficient (Wildman–Crippen LogP) is 4.10. The second-order valence-electron chi connectivity index (χ2n) is 5.72. The molecule has 1 aliphatic rings. The molecule has 1 unspecified atom stereocenters. The third-order valence-corrected chi connectivity index (χ3v) is 4.33. The van der Waals surface area contributed by atoms with Gasteiger partial charge < -0.3 is 14.6 Å². The molecule has 1 fully saturated rings. The van der Waals surface area contributed by atoms with E-state index >= 15 is 0 Å². The maximum absolute atomic E-state index is 10.5. The third-order valence-electron chi connectivity index (χ3n) is 4.33. The van der Waals surface area contributed by atoms with Gasteiger partial charge in [-0.25, -0.2) is 0 Å². The SMILES string of the molecule is COc1ccc(C(O)CC2CCCCCC2)c(OC)c1. The fourth-order valence-corrected chi connectivity index (χ4v) is 3.14. The lowest BCUT2D eigenvalue weighted by molar-refractivity contribution is 0.135. The van der Waals surface area contributed by atoms with Gasteiger partial charge in [0.15, 0.2) is 0 Å². The van der Waals surface area contributed by atoms with Crippen molar-refractivity contribution in [2.45, 2.75) is 51.0 Å². The molecule has 1 atom stereocenters. The first-order valence-corrected chi connectivity index (χ1v) is 7.64. The van der Waals surface area contributed by atoms with Gasteiger partial charge in [-0.2, -0.15) is 0 Å². The lowest BCUT2D eigenvalue weighted by atomic mass is 9.91. The maximum Gasteiger partial charge on any atom is 0.128 e. The molecule has 0 aliphatic heterocycles. The lowest BCUT2D eigenvalue weighted by Crippen LogP contribution is -2.08. The molecule has 0 heterocycles. The van der Waals surface area contributed by atoms with Gasteiger partial charge >= 0.3 is 0 Å². The molecule has 20 heavy (non-hydrogen) atoms. The van der Waals surface area contributed by atoms with E-state index in [1.807, 2.05) is 18.2 Å². The van der Waals surface area contributed by atoms with Crippen LogP contribution in [0.2, 0.25) is 0 Å². The number of hydrogen-bond acceptors (Lipinski definition) is 3. The minimum atomic E-state index is -0.445. The van der Waals surface area contributed by atoms with E-state index in [1.54, 1.807) is 14.2 Å². The Bertz CT molecular complexity index is 409. The summed E-state index contributed by atoms with van der Waals surface area (Å²) >= 11 is 0. The Hall–Kier alpha value is -1.22. The van der Waals surface area contributed by atoms with Crippen molar-refractivity contribution < 1.29 is 14.6 Å². The molecule has 0 aromatic heterocycles. The van der Waals surface area contributed by atoms with Crippen molar-refractivity contribution in [3.05, 3.63) is 23.8 Å². The predicted molar refractivity (Wildman–Crippen MR) is 80.3 cm³/mol. The Morgan fingerprint density at radius 1 is 1.10 bits per heavy atom. The Labute approximate surface area is 121 Å². The molecular formula is C17H26O3. The molecule has 3 heteroatoms. The first-order valence-electron chi connectivity index (χ1n) is 7.64. The molecule has 0 saturated heterocycles. The normalized spacial score (nSPS) is 18.4. The van der Waals surface area contributed by atoms with Crippen LogP contribution in [0.3, 0.4) is 0 Å². The van der Waals surface area contributed by atoms with Crippen molar-refractivity contribution in [2.75, 3.05) is 14.2 Å². The Balaban J connectivity index is 2.05. The minimum absolute atomic E-state index is 0.445. The number of benzene rings is 1. The summed E-state index contributed by atoms with van der Waals surface area (Å²) in [6, 6.07) is 5.64. The minimum Gasteiger partial charge on any atom is -0.497 e. The largest absolute Gasteiger partial charge is 0.497 e. The van der Waals surface area contributed by atoms with E-state index in [1.165, 1.54) is 38.5 Å². The zero-order valence-corrected chi connectivity index (χ0v) is 12.6. The molecule has 0 bridgehead atoms. The van der Waals surface area contributed by atoms with Crippen molar-refractivity contribution in [1.82, 2.24) is 0 Å². The molecule has 1 aromatic carbocycles. The highest BCUT2D eigenvalue weighted by Crippen LogP contribution is 2.35. The Kier molecular flexibility index (Phi) is 5.72. The molecule has 112 valence electrons. The monoisotopic (exact) mass is 278 g/mol. The molecule has 1 saturated carbocycles. The fraction of sp³-hybridized carbons (Fsp3) is 0.647. The van der Waals surface area contributed by atoms with Gasteiger partial charge in [-0.3, -0.25) is 0 Å². The van der Waals surface area contributed by atoms with Crippen molar-refractivity contribution in [3.63, 3.8) is 0 Å². The highest BCUT2D eigenvalue weighted by atomic mass is 16.5. The summed E-state index contributed by atoms with van der Waals surface area (Å²) in [7, 11) is 3.27. The summed E-state index contributed by atoms with van der Waals surface area (Å²) in [6.45, 7) is 0. The van der Waals surface area contributed by atoms with Crippen molar-refractivity contribution in [3.8, 4) is 11.5 Å². The Morgan fingerprint density at radius 2 is 1.80 bits per heavy atom. The topological polar surface area (TPSA) is 38.7 Å². The average molecular weight is 278 g/mol. The maximum atomic E-state index is 10.5. The summed E-state index contributed by atoms with van der Waals surface area (Å²) in [6.07, 6.45) is 8.18. The van der Waals surface area contributed by atoms with E-state index in [2.05, 4.69) is 0 Å². The van der Waals surface area contributed by atoms with Crippen LogP contribution in [0.5, 0.6) is 11.5 Å². The first kappa shape index (κ1) is 15.2. The fourth-order valence-electron chi connectivity index (χ4n) is 3.14. The van der Waals surface area contributed by atoms with Gasteiger partial charge in [0.2, 0.25) is 0 Å². The average Bonchev–Trinajstić information content (AvgIpc) is 2.75. The summed E-state index contributed by atoms with van der Waals surface area (Å²) in [4.78, 5) is 0. The molecule has 0 radical (unpaired) electrons. The van der Waals surface area contributed by atoms with E-state index in [0.717, 1.165) is 17.7 Å². The standard InChI is InChI=1S/C17H26O3/c1-19-14-9-10-15(17(12-14)20-2)16(18)11-13-7-5-3-4-6-8-13/h9-10,12-13,16,18H,3-8,11H2,1-2H3. The van der Waals surface area contributed by atoms with Crippen molar-refractivity contribution in [1.29, 1.82) is 0 Å². The zero-order chi connectivity index (χ0) is 14.4. The Morgan fingerprint density at radius 3 is 2.40 bits per heavy atom. The molecule has 1 aromatic rings. The van der Waals surface area contributed by atoms with E-state index in [9.17, 15) is 5.11 Å². The third kappa shape index (κ3) is 3.89. The van der Waals surface area contributed by atoms with Crippen LogP contribution in [0.25, 0.3) is 0 Å². The van der Waals surface area contributed by atoms with E-state index in [4.69, 9.17) is 9.47 Å². The summed E-state index contributed by atoms with van der Waals surface area (Å²) < 4.78 is 10.6. The first-order chi connectivity index (χ1) is 9.74. The van der Waals surface area contributed by atoms with Gasteiger partial charge in [-0.15, -0.1) is 0 Å². The molecule has 1 N–H and O–H groups in total. The van der Waals surface area contributed by atoms with E-state index in [0.29, 0.717) is 11.7 Å². The summed E-state index contributed by atoms with van der Waals surface area (Å²) in [5, 5.41) is 10.5. The van der Waals surface area contributed by atoms with Gasteiger partial charge in [0.05, 0.1) is 20.3 Å². The van der Waals surface area contributed by atoms with Crippen LogP contribution in [-0.4, -0.2) is 19.3 Å². The number of rotatable bonds is 5. The molecular weight excluding hydrogens is 252 g/mol. The lowest BCUT2D eigenvalue weighted by Gasteiger charge is -2.20. The number of hydrogen-bond donors (Lipinski definition) is 1. The van der Waals surface area contributed by atoms with Crippen LogP contribution in [-0.2, 0) is 0 Å². The van der Waals surface area contributed by atoms with E-state index < -0.39 is 6.10 Å². The van der Waals surface area contributed by atoms with Gasteiger partial charge in [0.25, 0.3) is 0 Å². The van der Waals surface area contributed by atoms with Crippen LogP contribution >= 0.6 is 0 Å². The van der Waals surface area contributed by atoms with Crippen LogP contribution in [0.4, 0.5) is 0 Å². The second kappa shape index (κ2) is 7.53. The molecule has 1 aliphatic carbocycles. The zero-order valence-electron chi connectivity index (χ0n) is 12.6. The number of ether oxygens (including phenoxy) is 2. The van der Waals surface area contributed by atoms with Gasteiger partial charge in [0, 0.05) is 11.6 Å². The molecule has 0 spiro atoms. The van der Waals surface area contributed by atoms with Gasteiger partial charge in [-0.05, 0) is 24.5 Å². The molecule has 3 nitrogen and oxygen atoms in total. The van der Waals surface area contributed by atoms with Crippen LogP contribution in [0.15, 0.2) is 18.2 Å². The van der Waals surface area contributed by atoms with Crippen molar-refractivity contribution in [2.24, 2.45) is 5.92 Å². The van der Waals surface area contributed by atoms with E-state index in [-0.39, 0.29) is 0 Å². The number of aliphatic hydroxyl groups is 1. The second-order valence-corrected chi connectivity index (χ2v) is 5.72. The summed E-state index contributed by atoms with van der Waals surface area (Å²) in [5.41, 5.74) is 0.873. The highest BCUT2D eigenvalue weighted by molar-refractivity contribution is 5.41. The van der Waals surface area contributed by atoms with Crippen LogP contribution in [0, 0.1) is 5.92 Å². The van der Waals surface area contributed by atoms with Crippen LogP contribution in [0.1, 0.15) is 56.6 Å². The van der Waals surface area contributed by atoms with Crippen molar-refractivity contribution >= 4 is 0 Å². The quantitative estimate of drug-likeness (QED) is 0.824. The van der Waals surface area contributed by atoms with Gasteiger partial charge in [0.1, 0.15) is 11.5 Å². The number of methoxy groups -OCH3 is 2.